The van der Waals surface area contributed by atoms with E-state index in [1.54, 1.807) is 24.4 Å². The third kappa shape index (κ3) is 3.08. The number of hydrogen-bond acceptors (Lipinski definition) is 4. The van der Waals surface area contributed by atoms with Crippen molar-refractivity contribution in [1.29, 1.82) is 0 Å². The molecule has 2 aromatic carbocycles. The number of halogens is 1. The van der Waals surface area contributed by atoms with Gasteiger partial charge in [0.05, 0.1) is 21.1 Å². The van der Waals surface area contributed by atoms with Crippen molar-refractivity contribution in [3.8, 4) is 0 Å². The van der Waals surface area contributed by atoms with Gasteiger partial charge in [-0.05, 0) is 30.3 Å². The Morgan fingerprint density at radius 2 is 1.83 bits per heavy atom. The normalized spacial score (nSPS) is 11.4. The van der Waals surface area contributed by atoms with Crippen molar-refractivity contribution in [2.45, 2.75) is 4.90 Å². The molecular weight excluding hydrogens is 370 g/mol. The van der Waals surface area contributed by atoms with E-state index in [0.717, 1.165) is 5.39 Å². The average Bonchev–Trinajstić information content (AvgIpc) is 2.96. The fraction of sp³-hybridized carbons (Fsp3) is 0. The molecule has 0 aliphatic carbocycles. The molecule has 124 valence electrons. The fourth-order valence-corrected chi connectivity index (χ4v) is 3.67. The van der Waals surface area contributed by atoms with E-state index in [9.17, 15) is 13.2 Å². The number of sulfonamides is 1. The number of carbonyl (C=O) groups excluding carboxylic acids is 1. The van der Waals surface area contributed by atoms with E-state index in [2.05, 4.69) is 27.2 Å². The van der Waals surface area contributed by atoms with Crippen LogP contribution in [0.3, 0.4) is 0 Å². The van der Waals surface area contributed by atoms with Crippen molar-refractivity contribution >= 4 is 56.9 Å². The fourth-order valence-electron chi connectivity index (χ4n) is 2.26. The molecule has 0 spiro atoms. The number of thiol groups is 1. The minimum atomic E-state index is -3.81. The molecule has 1 amide bonds. The Kier molecular flexibility index (Phi) is 4.44. The van der Waals surface area contributed by atoms with Crippen molar-refractivity contribution < 1.29 is 13.2 Å². The van der Waals surface area contributed by atoms with Gasteiger partial charge in [-0.2, -0.15) is 0 Å². The Hall–Kier alpha value is -2.16. The molecule has 0 saturated heterocycles. The highest BCUT2D eigenvalue weighted by Crippen LogP contribution is 2.29. The molecule has 1 heterocycles. The van der Waals surface area contributed by atoms with E-state index in [4.69, 9.17) is 11.6 Å². The van der Waals surface area contributed by atoms with Crippen LogP contribution in [0.1, 0.15) is 10.4 Å². The zero-order chi connectivity index (χ0) is 17.3. The summed E-state index contributed by atoms with van der Waals surface area (Å²) in [7, 11) is -3.81. The molecule has 0 fully saturated rings. The van der Waals surface area contributed by atoms with Crippen LogP contribution in [-0.2, 0) is 10.0 Å². The Balaban J connectivity index is 1.94. The number of amides is 1. The van der Waals surface area contributed by atoms with Gasteiger partial charge in [-0.1, -0.05) is 36.5 Å². The lowest BCUT2D eigenvalue weighted by Gasteiger charge is -2.09. The number of aromatic amines is 1. The van der Waals surface area contributed by atoms with Crippen LogP contribution in [0.25, 0.3) is 10.9 Å². The second-order valence-electron chi connectivity index (χ2n) is 4.94. The van der Waals surface area contributed by atoms with Gasteiger partial charge < -0.3 is 4.98 Å². The van der Waals surface area contributed by atoms with Gasteiger partial charge in [0.1, 0.15) is 0 Å². The van der Waals surface area contributed by atoms with E-state index < -0.39 is 15.9 Å². The molecule has 9 heteroatoms. The van der Waals surface area contributed by atoms with E-state index in [-0.39, 0.29) is 4.90 Å². The molecule has 3 aromatic rings. The summed E-state index contributed by atoms with van der Waals surface area (Å²) in [6.07, 6.45) is 1.59. The van der Waals surface area contributed by atoms with Crippen molar-refractivity contribution in [3.05, 3.63) is 59.2 Å². The lowest BCUT2D eigenvalue weighted by atomic mass is 10.2. The van der Waals surface area contributed by atoms with Crippen molar-refractivity contribution in [1.82, 2.24) is 9.71 Å². The predicted molar refractivity (Wildman–Crippen MR) is 97.0 cm³/mol. The summed E-state index contributed by atoms with van der Waals surface area (Å²) in [5, 5.41) is 1.23. The van der Waals surface area contributed by atoms with Gasteiger partial charge in [-0.25, -0.2) is 8.42 Å². The monoisotopic (exact) mass is 381 g/mol. The maximum absolute atomic E-state index is 12.5. The lowest BCUT2D eigenvalue weighted by molar-refractivity contribution is 0.0985. The number of anilines is 1. The van der Waals surface area contributed by atoms with E-state index in [0.29, 0.717) is 21.8 Å². The number of para-hydroxylation sites is 1. The molecule has 0 aliphatic heterocycles. The number of hydrogen-bond donors (Lipinski definition) is 4. The Labute approximate surface area is 148 Å². The van der Waals surface area contributed by atoms with Gasteiger partial charge in [-0.15, -0.1) is 0 Å². The zero-order valence-corrected chi connectivity index (χ0v) is 14.5. The van der Waals surface area contributed by atoms with Crippen LogP contribution < -0.4 is 9.44 Å². The number of benzene rings is 2. The predicted octanol–water partition coefficient (Wildman–Crippen LogP) is 3.20. The van der Waals surface area contributed by atoms with Crippen molar-refractivity contribution in [3.63, 3.8) is 0 Å². The van der Waals surface area contributed by atoms with Gasteiger partial charge in [0.2, 0.25) is 0 Å². The Morgan fingerprint density at radius 3 is 2.50 bits per heavy atom. The molecule has 24 heavy (non-hydrogen) atoms. The van der Waals surface area contributed by atoms with E-state index in [1.165, 1.54) is 24.3 Å². The third-order valence-electron chi connectivity index (χ3n) is 3.44. The second-order valence-corrected chi connectivity index (χ2v) is 7.25. The first-order chi connectivity index (χ1) is 11.4. The lowest BCUT2D eigenvalue weighted by Crippen LogP contribution is -2.15. The third-order valence-corrected chi connectivity index (χ3v) is 5.33. The van der Waals surface area contributed by atoms with Crippen LogP contribution in [-0.4, -0.2) is 19.3 Å². The number of nitrogens with one attached hydrogen (secondary N) is 3. The highest BCUT2D eigenvalue weighted by Gasteiger charge is 2.17. The molecule has 3 rings (SSSR count). The van der Waals surface area contributed by atoms with Crippen LogP contribution >= 0.6 is 24.4 Å². The molecule has 1 aromatic heterocycles. The van der Waals surface area contributed by atoms with Gasteiger partial charge in [0, 0.05) is 17.1 Å². The van der Waals surface area contributed by atoms with E-state index in [1.807, 2.05) is 0 Å². The first-order valence-electron chi connectivity index (χ1n) is 6.75. The van der Waals surface area contributed by atoms with Gasteiger partial charge in [0.25, 0.3) is 15.9 Å². The van der Waals surface area contributed by atoms with Gasteiger partial charge in [-0.3, -0.25) is 14.2 Å². The summed E-state index contributed by atoms with van der Waals surface area (Å²) in [5.41, 5.74) is 1.29. The maximum atomic E-state index is 12.5. The summed E-state index contributed by atoms with van der Waals surface area (Å²) in [6, 6.07) is 10.6. The molecular formula is C15H12ClN3O3S2. The quantitative estimate of drug-likeness (QED) is 0.523. The highest BCUT2D eigenvalue weighted by molar-refractivity contribution is 7.92. The maximum Gasteiger partial charge on any atom is 0.261 e. The summed E-state index contributed by atoms with van der Waals surface area (Å²) in [4.78, 5) is 14.4. The molecule has 0 unspecified atom stereocenters. The number of aromatic nitrogens is 1. The van der Waals surface area contributed by atoms with Crippen LogP contribution in [0.5, 0.6) is 0 Å². The summed E-state index contributed by atoms with van der Waals surface area (Å²) in [6.45, 7) is 0. The number of rotatable bonds is 4. The smallest absolute Gasteiger partial charge is 0.261 e. The van der Waals surface area contributed by atoms with Gasteiger partial charge in [0.15, 0.2) is 0 Å². The molecule has 0 saturated carbocycles. The molecule has 0 bridgehead atoms. The van der Waals surface area contributed by atoms with Gasteiger partial charge >= 0.3 is 0 Å². The summed E-state index contributed by atoms with van der Waals surface area (Å²) in [5.74, 6) is -0.416. The SMILES string of the molecule is O=C(NS)c1ccc(S(=O)(=O)Nc2cccc3c(Cl)c[nH]c23)cc1. The molecule has 6 nitrogen and oxygen atoms in total. The highest BCUT2D eigenvalue weighted by atomic mass is 35.5. The summed E-state index contributed by atoms with van der Waals surface area (Å²) < 4.78 is 29.8. The topological polar surface area (TPSA) is 91.1 Å². The standard InChI is InChI=1S/C15H12ClN3O3S2/c16-12-8-17-14-11(12)2-1-3-13(14)19-24(21,22)10-6-4-9(5-7-10)15(20)18-23/h1-8,17,19,23H,(H,18,20). The van der Waals surface area contributed by atoms with E-state index >= 15 is 0 Å². The molecule has 0 aliphatic rings. The van der Waals surface area contributed by atoms with Crippen molar-refractivity contribution in [2.24, 2.45) is 0 Å². The first-order valence-corrected chi connectivity index (χ1v) is 9.06. The number of H-pyrrole nitrogens is 1. The molecule has 3 N–H and O–H groups in total. The van der Waals surface area contributed by atoms with Crippen LogP contribution in [0.2, 0.25) is 5.02 Å². The van der Waals surface area contributed by atoms with Crippen LogP contribution in [0.15, 0.2) is 53.6 Å². The van der Waals surface area contributed by atoms with Crippen LogP contribution in [0, 0.1) is 0 Å². The Bertz CT molecular complexity index is 1010. The number of carbonyl (C=O) groups is 1. The largest absolute Gasteiger partial charge is 0.358 e. The minimum Gasteiger partial charge on any atom is -0.358 e. The second kappa shape index (κ2) is 6.39. The Morgan fingerprint density at radius 1 is 1.12 bits per heavy atom. The minimum absolute atomic E-state index is 0.0351. The molecule has 0 atom stereocenters. The van der Waals surface area contributed by atoms with Crippen LogP contribution in [0.4, 0.5) is 5.69 Å². The summed E-state index contributed by atoms with van der Waals surface area (Å²) >= 11 is 9.71. The van der Waals surface area contributed by atoms with Crippen molar-refractivity contribution in [2.75, 3.05) is 4.72 Å². The molecule has 0 radical (unpaired) electrons. The first kappa shape index (κ1) is 16.7. The average molecular weight is 382 g/mol. The number of fused-ring (bicyclic) bond motifs is 1. The zero-order valence-electron chi connectivity index (χ0n) is 12.1.